The Morgan fingerprint density at radius 2 is 1.40 bits per heavy atom. The molecule has 2 aromatic heterocycles. The van der Waals surface area contributed by atoms with Crippen LogP contribution >= 0.6 is 0 Å². The van der Waals surface area contributed by atoms with Crippen LogP contribution in [0.25, 0.3) is 55.5 Å². The minimum Gasteiger partial charge on any atom is -0.508 e. The Labute approximate surface area is 236 Å². The molecule has 4 aromatic carbocycles. The van der Waals surface area contributed by atoms with E-state index >= 15 is 0 Å². The maximum Gasteiger partial charge on any atom is 0.204 e. The predicted octanol–water partition coefficient (Wildman–Crippen LogP) is 5.74. The van der Waals surface area contributed by atoms with E-state index in [2.05, 4.69) is 0 Å². The fraction of sp³-hybridized carbons (Fsp3) is 0.0625. The van der Waals surface area contributed by atoms with Crippen molar-refractivity contribution in [3.8, 4) is 68.1 Å². The molecule has 0 aliphatic heterocycles. The first kappa shape index (κ1) is 26.3. The molecule has 0 unspecified atom stereocenters. The average Bonchev–Trinajstić information content (AvgIpc) is 2.96. The number of rotatable bonds is 5. The topological polar surface area (TPSA) is 160 Å². The van der Waals surface area contributed by atoms with E-state index in [4.69, 9.17) is 18.3 Å². The highest BCUT2D eigenvalue weighted by molar-refractivity contribution is 6.02. The fourth-order valence-corrected chi connectivity index (χ4v) is 4.96. The first-order valence-corrected chi connectivity index (χ1v) is 12.5. The van der Waals surface area contributed by atoms with Gasteiger partial charge in [0, 0.05) is 35.4 Å². The van der Waals surface area contributed by atoms with Gasteiger partial charge in [0.1, 0.15) is 62.9 Å². The van der Waals surface area contributed by atoms with Gasteiger partial charge in [0.05, 0.1) is 25.3 Å². The van der Waals surface area contributed by atoms with E-state index in [1.165, 1.54) is 32.6 Å². The van der Waals surface area contributed by atoms with Crippen molar-refractivity contribution in [2.24, 2.45) is 0 Å². The van der Waals surface area contributed by atoms with E-state index in [-0.39, 0.29) is 55.9 Å². The molecule has 6 rings (SSSR count). The number of ether oxygens (including phenoxy) is 2. The molecule has 4 N–H and O–H groups in total. The number of hydrogen-bond donors (Lipinski definition) is 4. The highest BCUT2D eigenvalue weighted by Gasteiger charge is 2.23. The minimum atomic E-state index is -0.545. The zero-order chi connectivity index (χ0) is 29.7. The van der Waals surface area contributed by atoms with Crippen molar-refractivity contribution >= 4 is 21.9 Å². The molecule has 0 saturated heterocycles. The van der Waals surface area contributed by atoms with Crippen molar-refractivity contribution in [2.75, 3.05) is 14.2 Å². The summed E-state index contributed by atoms with van der Waals surface area (Å²) in [5.41, 5.74) is 0.183. The predicted molar refractivity (Wildman–Crippen MR) is 155 cm³/mol. The third kappa shape index (κ3) is 4.22. The van der Waals surface area contributed by atoms with E-state index in [0.29, 0.717) is 16.9 Å². The van der Waals surface area contributed by atoms with Crippen LogP contribution in [0.3, 0.4) is 0 Å². The monoisotopic (exact) mass is 566 g/mol. The Hall–Kier alpha value is -5.90. The van der Waals surface area contributed by atoms with Crippen LogP contribution < -0.4 is 20.3 Å². The summed E-state index contributed by atoms with van der Waals surface area (Å²) in [4.78, 5) is 26.4. The van der Waals surface area contributed by atoms with Gasteiger partial charge in [-0.3, -0.25) is 9.59 Å². The van der Waals surface area contributed by atoms with Gasteiger partial charge < -0.3 is 38.7 Å². The number of methoxy groups -OCH3 is 2. The van der Waals surface area contributed by atoms with Crippen LogP contribution in [-0.4, -0.2) is 34.6 Å². The molecule has 0 radical (unpaired) electrons. The summed E-state index contributed by atoms with van der Waals surface area (Å²) in [7, 11) is 2.94. The van der Waals surface area contributed by atoms with Crippen LogP contribution in [-0.2, 0) is 0 Å². The zero-order valence-electron chi connectivity index (χ0n) is 22.2. The third-order valence-electron chi connectivity index (χ3n) is 6.96. The normalized spacial score (nSPS) is 11.2. The molecule has 0 atom stereocenters. The number of aromatic hydroxyl groups is 4. The summed E-state index contributed by atoms with van der Waals surface area (Å²) >= 11 is 0. The largest absolute Gasteiger partial charge is 0.508 e. The average molecular weight is 567 g/mol. The van der Waals surface area contributed by atoms with Crippen LogP contribution in [0.15, 0.2) is 91.4 Å². The molecule has 210 valence electrons. The van der Waals surface area contributed by atoms with E-state index < -0.39 is 28.1 Å². The Morgan fingerprint density at radius 1 is 0.690 bits per heavy atom. The lowest BCUT2D eigenvalue weighted by Gasteiger charge is -2.15. The quantitative estimate of drug-likeness (QED) is 0.203. The molecule has 0 saturated carbocycles. The number of fused-ring (bicyclic) bond motifs is 2. The third-order valence-corrected chi connectivity index (χ3v) is 6.96. The summed E-state index contributed by atoms with van der Waals surface area (Å²) in [6, 6.07) is 15.9. The SMILES string of the molecule is COc1ccc(-c2coc3c(-c4cc(-c5cc(=O)c6c(O)cc(O)cc6o5)ccc4OC)c(O)cc(O)c3c2=O)cc1. The fourth-order valence-electron chi connectivity index (χ4n) is 4.96. The van der Waals surface area contributed by atoms with E-state index in [9.17, 15) is 30.0 Å². The van der Waals surface area contributed by atoms with Gasteiger partial charge in [0.15, 0.2) is 11.0 Å². The van der Waals surface area contributed by atoms with Crippen molar-refractivity contribution in [3.63, 3.8) is 0 Å². The first-order valence-electron chi connectivity index (χ1n) is 12.5. The highest BCUT2D eigenvalue weighted by Crippen LogP contribution is 2.45. The van der Waals surface area contributed by atoms with Gasteiger partial charge >= 0.3 is 0 Å². The van der Waals surface area contributed by atoms with Gasteiger partial charge in [-0.05, 0) is 35.9 Å². The van der Waals surface area contributed by atoms with Gasteiger partial charge in [-0.1, -0.05) is 12.1 Å². The molecule has 0 amide bonds. The van der Waals surface area contributed by atoms with Crippen LogP contribution in [0.5, 0.6) is 34.5 Å². The molecule has 0 fully saturated rings. The molecule has 10 nitrogen and oxygen atoms in total. The van der Waals surface area contributed by atoms with Crippen LogP contribution in [0.1, 0.15) is 0 Å². The maximum atomic E-state index is 13.6. The maximum absolute atomic E-state index is 13.6. The lowest BCUT2D eigenvalue weighted by Crippen LogP contribution is -2.06. The Kier molecular flexibility index (Phi) is 6.23. The number of phenols is 4. The molecule has 2 heterocycles. The summed E-state index contributed by atoms with van der Waals surface area (Å²) in [5.74, 6) is -0.628. The van der Waals surface area contributed by atoms with E-state index in [1.807, 2.05) is 0 Å². The van der Waals surface area contributed by atoms with Gasteiger partial charge in [0.2, 0.25) is 5.43 Å². The van der Waals surface area contributed by atoms with Crippen molar-refractivity contribution < 1.29 is 38.7 Å². The number of benzene rings is 4. The second kappa shape index (κ2) is 9.93. The summed E-state index contributed by atoms with van der Waals surface area (Å²) in [6.07, 6.45) is 1.24. The molecule has 6 aromatic rings. The molecule has 42 heavy (non-hydrogen) atoms. The lowest BCUT2D eigenvalue weighted by atomic mass is 9.96. The first-order chi connectivity index (χ1) is 20.2. The second-order valence-corrected chi connectivity index (χ2v) is 9.43. The molecule has 0 aliphatic rings. The van der Waals surface area contributed by atoms with Gasteiger partial charge in [-0.25, -0.2) is 0 Å². The Morgan fingerprint density at radius 3 is 2.12 bits per heavy atom. The van der Waals surface area contributed by atoms with Crippen LogP contribution in [0.2, 0.25) is 0 Å². The summed E-state index contributed by atoms with van der Waals surface area (Å²) in [5, 5.41) is 41.5. The highest BCUT2D eigenvalue weighted by atomic mass is 16.5. The van der Waals surface area contributed by atoms with Crippen molar-refractivity contribution in [1.82, 2.24) is 0 Å². The van der Waals surface area contributed by atoms with Gasteiger partial charge in [-0.15, -0.1) is 0 Å². The van der Waals surface area contributed by atoms with Crippen molar-refractivity contribution in [1.29, 1.82) is 0 Å². The Balaban J connectivity index is 1.58. The molecular weight excluding hydrogens is 544 g/mol. The van der Waals surface area contributed by atoms with Gasteiger partial charge in [0.25, 0.3) is 0 Å². The van der Waals surface area contributed by atoms with Crippen molar-refractivity contribution in [3.05, 3.63) is 93.4 Å². The zero-order valence-corrected chi connectivity index (χ0v) is 22.2. The van der Waals surface area contributed by atoms with Crippen molar-refractivity contribution in [2.45, 2.75) is 0 Å². The van der Waals surface area contributed by atoms with Crippen LogP contribution in [0.4, 0.5) is 0 Å². The lowest BCUT2D eigenvalue weighted by molar-refractivity contribution is 0.415. The molecule has 0 spiro atoms. The van der Waals surface area contributed by atoms with Gasteiger partial charge in [-0.2, -0.15) is 0 Å². The molecule has 0 aliphatic carbocycles. The summed E-state index contributed by atoms with van der Waals surface area (Å²) in [6.45, 7) is 0. The number of hydrogen-bond acceptors (Lipinski definition) is 10. The van der Waals surface area contributed by atoms with E-state index in [1.54, 1.807) is 42.5 Å². The Bertz CT molecular complexity index is 2140. The standard InChI is InChI=1S/C32H22O10/c1-39-18-6-3-15(4-7-18)20-14-41-32-28(22(35)12-23(36)30(32)31(20)38)19-9-16(5-8-25(19)40-2)26-13-24(37)29-21(34)10-17(33)11-27(29)42-26/h3-14,33-36H,1-2H3. The minimum absolute atomic E-state index is 0.0395. The van der Waals surface area contributed by atoms with E-state index in [0.717, 1.165) is 12.1 Å². The molecule has 0 bridgehead atoms. The number of phenolic OH excluding ortho intramolecular Hbond substituents is 4. The summed E-state index contributed by atoms with van der Waals surface area (Å²) < 4.78 is 22.4. The second-order valence-electron chi connectivity index (χ2n) is 9.43. The molecular formula is C32H22O10. The van der Waals surface area contributed by atoms with Crippen LogP contribution in [0, 0.1) is 0 Å². The smallest absolute Gasteiger partial charge is 0.204 e. The molecule has 10 heteroatoms.